The van der Waals surface area contributed by atoms with Crippen molar-refractivity contribution in [2.24, 2.45) is 4.99 Å². The summed E-state index contributed by atoms with van der Waals surface area (Å²) in [6.07, 6.45) is -3.32. The van der Waals surface area contributed by atoms with Gasteiger partial charge in [-0.25, -0.2) is 9.98 Å². The van der Waals surface area contributed by atoms with Crippen LogP contribution in [0.4, 0.5) is 19.0 Å². The highest BCUT2D eigenvalue weighted by atomic mass is 127. The smallest absolute Gasteiger partial charge is 0.357 e. The van der Waals surface area contributed by atoms with Crippen molar-refractivity contribution in [2.45, 2.75) is 39.9 Å². The first-order valence-electron chi connectivity index (χ1n) is 8.18. The molecule has 0 aliphatic heterocycles. The molecule has 0 fully saturated rings. The van der Waals surface area contributed by atoms with Gasteiger partial charge in [0.25, 0.3) is 0 Å². The van der Waals surface area contributed by atoms with E-state index >= 15 is 0 Å². The summed E-state index contributed by atoms with van der Waals surface area (Å²) in [5.41, 5.74) is 0.902. The lowest BCUT2D eigenvalue weighted by Crippen LogP contribution is -2.38. The van der Waals surface area contributed by atoms with Gasteiger partial charge in [-0.2, -0.15) is 13.2 Å². The zero-order valence-corrected chi connectivity index (χ0v) is 17.2. The molecule has 0 bridgehead atoms. The van der Waals surface area contributed by atoms with Crippen molar-refractivity contribution in [1.29, 1.82) is 0 Å². The van der Waals surface area contributed by atoms with Crippen LogP contribution in [-0.2, 0) is 6.54 Å². The second-order valence-corrected chi connectivity index (χ2v) is 5.18. The van der Waals surface area contributed by atoms with E-state index in [9.17, 15) is 13.2 Å². The first-order chi connectivity index (χ1) is 11.4. The fourth-order valence-corrected chi connectivity index (χ4v) is 2.08. The number of nitrogens with one attached hydrogen (secondary N) is 2. The number of nitrogens with zero attached hydrogens (tertiary/aromatic N) is 3. The maximum Gasteiger partial charge on any atom is 0.390 e. The molecule has 0 aliphatic carbocycles. The van der Waals surface area contributed by atoms with Crippen LogP contribution in [-0.4, -0.2) is 43.3 Å². The third-order valence-electron chi connectivity index (χ3n) is 3.36. The number of halogens is 4. The van der Waals surface area contributed by atoms with E-state index in [0.29, 0.717) is 19.0 Å². The Balaban J connectivity index is 0.00000576. The summed E-state index contributed by atoms with van der Waals surface area (Å²) < 4.78 is 36.6. The monoisotopic (exact) mass is 473 g/mol. The summed E-state index contributed by atoms with van der Waals surface area (Å²) in [5.74, 6) is 1.28. The minimum Gasteiger partial charge on any atom is -0.357 e. The van der Waals surface area contributed by atoms with Crippen molar-refractivity contribution < 1.29 is 13.2 Å². The van der Waals surface area contributed by atoms with Crippen molar-refractivity contribution in [3.05, 3.63) is 23.9 Å². The van der Waals surface area contributed by atoms with E-state index in [4.69, 9.17) is 0 Å². The minimum absolute atomic E-state index is 0. The number of aromatic nitrogens is 1. The molecule has 0 spiro atoms. The minimum atomic E-state index is -4.17. The lowest BCUT2D eigenvalue weighted by atomic mass is 10.3. The van der Waals surface area contributed by atoms with Crippen LogP contribution < -0.4 is 15.5 Å². The average molecular weight is 473 g/mol. The van der Waals surface area contributed by atoms with Gasteiger partial charge in [0.05, 0.1) is 13.0 Å². The molecule has 5 nitrogen and oxygen atoms in total. The Morgan fingerprint density at radius 2 is 1.84 bits per heavy atom. The van der Waals surface area contributed by atoms with Gasteiger partial charge in [-0.3, -0.25) is 0 Å². The van der Waals surface area contributed by atoms with Crippen molar-refractivity contribution in [2.75, 3.05) is 31.1 Å². The van der Waals surface area contributed by atoms with E-state index in [0.717, 1.165) is 24.5 Å². The van der Waals surface area contributed by atoms with E-state index < -0.39 is 12.6 Å². The average Bonchev–Trinajstić information content (AvgIpc) is 2.54. The molecule has 0 saturated carbocycles. The second kappa shape index (κ2) is 12.2. The van der Waals surface area contributed by atoms with Gasteiger partial charge in [0.15, 0.2) is 5.96 Å². The maximum atomic E-state index is 12.2. The quantitative estimate of drug-likeness (QED) is 0.345. The van der Waals surface area contributed by atoms with Crippen molar-refractivity contribution in [1.82, 2.24) is 15.6 Å². The molecule has 9 heteroatoms. The highest BCUT2D eigenvalue weighted by Crippen LogP contribution is 2.18. The molecular formula is C16H27F3IN5. The predicted molar refractivity (Wildman–Crippen MR) is 107 cm³/mol. The summed E-state index contributed by atoms with van der Waals surface area (Å²) in [7, 11) is 0. The summed E-state index contributed by atoms with van der Waals surface area (Å²) in [5, 5.41) is 5.62. The molecule has 0 aromatic carbocycles. The first kappa shape index (κ1) is 23.7. The molecule has 0 aliphatic rings. The fraction of sp³-hybridized carbons (Fsp3) is 0.625. The number of hydrogen-bond donors (Lipinski definition) is 2. The normalized spacial score (nSPS) is 11.7. The van der Waals surface area contributed by atoms with Crippen molar-refractivity contribution in [3.8, 4) is 0 Å². The Morgan fingerprint density at radius 3 is 2.32 bits per heavy atom. The molecule has 0 atom stereocenters. The Bertz CT molecular complexity index is 501. The van der Waals surface area contributed by atoms with E-state index in [2.05, 4.69) is 39.4 Å². The zero-order valence-electron chi connectivity index (χ0n) is 14.9. The molecule has 0 saturated heterocycles. The molecule has 0 radical (unpaired) electrons. The van der Waals surface area contributed by atoms with Crippen LogP contribution >= 0.6 is 24.0 Å². The van der Waals surface area contributed by atoms with Gasteiger partial charge in [0, 0.05) is 32.4 Å². The number of pyridine rings is 1. The van der Waals surface area contributed by atoms with Gasteiger partial charge < -0.3 is 15.5 Å². The molecule has 1 rings (SSSR count). The molecule has 2 N–H and O–H groups in total. The van der Waals surface area contributed by atoms with Crippen LogP contribution in [0.25, 0.3) is 0 Å². The highest BCUT2D eigenvalue weighted by molar-refractivity contribution is 14.0. The molecule has 1 heterocycles. The molecular weight excluding hydrogens is 446 g/mol. The van der Waals surface area contributed by atoms with Gasteiger partial charge in [0.1, 0.15) is 5.82 Å². The number of guanidine groups is 1. The number of rotatable bonds is 8. The molecule has 0 amide bonds. The SMILES string of the molecule is CCNC(=NCc1ccc(N(CC)CC)nc1)NCCC(F)(F)F.I. The lowest BCUT2D eigenvalue weighted by Gasteiger charge is -2.19. The van der Waals surface area contributed by atoms with Gasteiger partial charge in [-0.1, -0.05) is 6.07 Å². The number of aliphatic imine (C=N–C) groups is 1. The van der Waals surface area contributed by atoms with Crippen LogP contribution in [0.5, 0.6) is 0 Å². The van der Waals surface area contributed by atoms with Gasteiger partial charge in [-0.05, 0) is 32.4 Å². The summed E-state index contributed by atoms with van der Waals surface area (Å²) in [6, 6.07) is 3.87. The van der Waals surface area contributed by atoms with Crippen molar-refractivity contribution in [3.63, 3.8) is 0 Å². The predicted octanol–water partition coefficient (Wildman–Crippen LogP) is 3.55. The Labute approximate surface area is 164 Å². The number of hydrogen-bond acceptors (Lipinski definition) is 3. The Hall–Kier alpha value is -1.26. The van der Waals surface area contributed by atoms with Crippen LogP contribution in [0.15, 0.2) is 23.3 Å². The second-order valence-electron chi connectivity index (χ2n) is 5.18. The number of alkyl halides is 3. The van der Waals surface area contributed by atoms with Crippen LogP contribution in [0.3, 0.4) is 0 Å². The van der Waals surface area contributed by atoms with E-state index in [1.165, 1.54) is 0 Å². The fourth-order valence-electron chi connectivity index (χ4n) is 2.08. The highest BCUT2D eigenvalue weighted by Gasteiger charge is 2.26. The maximum absolute atomic E-state index is 12.2. The van der Waals surface area contributed by atoms with Gasteiger partial charge in [-0.15, -0.1) is 24.0 Å². The van der Waals surface area contributed by atoms with Gasteiger partial charge in [0.2, 0.25) is 0 Å². The summed E-state index contributed by atoms with van der Waals surface area (Å²) >= 11 is 0. The lowest BCUT2D eigenvalue weighted by molar-refractivity contribution is -0.132. The molecule has 144 valence electrons. The van der Waals surface area contributed by atoms with Crippen LogP contribution in [0, 0.1) is 0 Å². The summed E-state index contributed by atoms with van der Waals surface area (Å²) in [6.45, 7) is 8.50. The largest absolute Gasteiger partial charge is 0.390 e. The van der Waals surface area contributed by atoms with Gasteiger partial charge >= 0.3 is 6.18 Å². The van der Waals surface area contributed by atoms with Crippen molar-refractivity contribution >= 4 is 35.8 Å². The van der Waals surface area contributed by atoms with Crippen LogP contribution in [0.2, 0.25) is 0 Å². The third-order valence-corrected chi connectivity index (χ3v) is 3.36. The zero-order chi connectivity index (χ0) is 18.0. The summed E-state index contributed by atoms with van der Waals surface area (Å²) in [4.78, 5) is 10.8. The van der Waals surface area contributed by atoms with Crippen LogP contribution in [0.1, 0.15) is 32.8 Å². The standard InChI is InChI=1S/C16H26F3N5.HI/c1-4-20-15(21-10-9-16(17,18)19)23-12-13-7-8-14(22-11-13)24(5-2)6-3;/h7-8,11H,4-6,9-10,12H2,1-3H3,(H2,20,21,23);1H. The molecule has 0 unspecified atom stereocenters. The molecule has 1 aromatic heterocycles. The van der Waals surface area contributed by atoms with E-state index in [1.807, 2.05) is 19.1 Å². The topological polar surface area (TPSA) is 52.6 Å². The molecule has 1 aromatic rings. The molecule has 25 heavy (non-hydrogen) atoms. The Morgan fingerprint density at radius 1 is 1.16 bits per heavy atom. The first-order valence-corrected chi connectivity index (χ1v) is 8.18. The third kappa shape index (κ3) is 9.71. The number of anilines is 1. The Kier molecular flexibility index (Phi) is 11.5. The van der Waals surface area contributed by atoms with E-state index in [1.54, 1.807) is 6.20 Å². The van der Waals surface area contributed by atoms with E-state index in [-0.39, 0.29) is 30.5 Å².